The molecule has 176 valence electrons. The molecule has 0 radical (unpaired) electrons. The fraction of sp³-hybridized carbons (Fsp3) is 0.680. The van der Waals surface area contributed by atoms with Crippen LogP contribution in [0.1, 0.15) is 103 Å². The third-order valence-corrected chi connectivity index (χ3v) is 6.91. The number of halogens is 2. The molecule has 0 aliphatic carbocycles. The Morgan fingerprint density at radius 3 is 2.19 bits per heavy atom. The molecule has 0 spiro atoms. The monoisotopic (exact) mass is 472 g/mol. The molecule has 0 fully saturated rings. The molecule has 0 amide bonds. The maximum atomic E-state index is 12.9. The summed E-state index contributed by atoms with van der Waals surface area (Å²) in [5.74, 6) is -0.678. The molecule has 31 heavy (non-hydrogen) atoms. The van der Waals surface area contributed by atoms with Crippen LogP contribution in [-0.4, -0.2) is 28.1 Å². The van der Waals surface area contributed by atoms with Gasteiger partial charge in [0.15, 0.2) is 0 Å². The van der Waals surface area contributed by atoms with Gasteiger partial charge in [0, 0.05) is 6.42 Å². The quantitative estimate of drug-likeness (QED) is 0.232. The molecular formula is C25H38Cl2O4. The molecule has 1 aromatic rings. The van der Waals surface area contributed by atoms with Crippen LogP contribution in [-0.2, 0) is 15.0 Å². The molecule has 2 unspecified atom stereocenters. The Labute approximate surface area is 197 Å². The van der Waals surface area contributed by atoms with Gasteiger partial charge < -0.3 is 10.2 Å². The molecule has 2 atom stereocenters. The Hall–Kier alpha value is -1.10. The zero-order valence-corrected chi connectivity index (χ0v) is 20.5. The highest BCUT2D eigenvalue weighted by molar-refractivity contribution is 6.42. The van der Waals surface area contributed by atoms with Crippen molar-refractivity contribution in [3.63, 3.8) is 0 Å². The summed E-state index contributed by atoms with van der Waals surface area (Å²) in [4.78, 5) is 23.6. The highest BCUT2D eigenvalue weighted by Crippen LogP contribution is 2.39. The summed E-state index contributed by atoms with van der Waals surface area (Å²) >= 11 is 12.4. The summed E-state index contributed by atoms with van der Waals surface area (Å²) < 4.78 is 0. The van der Waals surface area contributed by atoms with Crippen LogP contribution in [0.5, 0.6) is 0 Å². The second-order valence-electron chi connectivity index (χ2n) is 8.62. The number of aliphatic hydroxyl groups excluding tert-OH is 1. The van der Waals surface area contributed by atoms with Crippen LogP contribution in [0.15, 0.2) is 18.2 Å². The van der Waals surface area contributed by atoms with E-state index in [-0.39, 0.29) is 18.3 Å². The van der Waals surface area contributed by atoms with E-state index < -0.39 is 11.4 Å². The van der Waals surface area contributed by atoms with E-state index in [2.05, 4.69) is 6.92 Å². The van der Waals surface area contributed by atoms with Crippen molar-refractivity contribution >= 4 is 35.0 Å². The van der Waals surface area contributed by atoms with Gasteiger partial charge in [0.05, 0.1) is 21.6 Å². The molecule has 0 saturated heterocycles. The van der Waals surface area contributed by atoms with Crippen molar-refractivity contribution < 1.29 is 19.8 Å². The summed E-state index contributed by atoms with van der Waals surface area (Å²) in [5, 5.41) is 20.0. The molecule has 0 aliphatic heterocycles. The highest BCUT2D eigenvalue weighted by atomic mass is 35.5. The van der Waals surface area contributed by atoms with Crippen molar-refractivity contribution in [2.24, 2.45) is 0 Å². The molecule has 2 N–H and O–H groups in total. The topological polar surface area (TPSA) is 74.6 Å². The fourth-order valence-corrected chi connectivity index (χ4v) is 4.53. The van der Waals surface area contributed by atoms with Gasteiger partial charge >= 0.3 is 5.97 Å². The first-order valence-electron chi connectivity index (χ1n) is 11.6. The van der Waals surface area contributed by atoms with E-state index in [1.807, 2.05) is 6.07 Å². The van der Waals surface area contributed by atoms with Crippen LogP contribution in [0, 0.1) is 0 Å². The average molecular weight is 473 g/mol. The molecule has 0 heterocycles. The van der Waals surface area contributed by atoms with Gasteiger partial charge in [-0.3, -0.25) is 9.59 Å². The van der Waals surface area contributed by atoms with Gasteiger partial charge in [0.1, 0.15) is 5.78 Å². The molecular weight excluding hydrogens is 435 g/mol. The number of carboxylic acid groups (broad SMARTS) is 1. The Bertz CT molecular complexity index is 692. The predicted molar refractivity (Wildman–Crippen MR) is 128 cm³/mol. The number of Topliss-reactive ketones (excluding diaryl/α,β-unsaturated/α-hetero) is 1. The summed E-state index contributed by atoms with van der Waals surface area (Å²) in [6.45, 7) is 3.77. The lowest BCUT2D eigenvalue weighted by molar-refractivity contribution is -0.137. The lowest BCUT2D eigenvalue weighted by Crippen LogP contribution is -2.34. The van der Waals surface area contributed by atoms with E-state index in [9.17, 15) is 14.7 Å². The molecule has 6 heteroatoms. The number of carboxylic acids is 1. The van der Waals surface area contributed by atoms with Crippen molar-refractivity contribution in [3.8, 4) is 0 Å². The predicted octanol–water partition coefficient (Wildman–Crippen LogP) is 7.36. The maximum absolute atomic E-state index is 12.9. The maximum Gasteiger partial charge on any atom is 0.303 e. The number of aliphatic carboxylic acids is 1. The van der Waals surface area contributed by atoms with Crippen molar-refractivity contribution in [2.75, 3.05) is 0 Å². The summed E-state index contributed by atoms with van der Waals surface area (Å²) in [6, 6.07) is 5.43. The SMILES string of the molecule is CCCCCC(O)CCCC(CCCCCCC(=O)O)(C(C)=O)c1ccc(Cl)c(Cl)c1. The molecule has 0 aliphatic rings. The van der Waals surface area contributed by atoms with Gasteiger partial charge in [-0.2, -0.15) is 0 Å². The Morgan fingerprint density at radius 2 is 1.58 bits per heavy atom. The summed E-state index contributed by atoms with van der Waals surface area (Å²) in [5.41, 5.74) is 0.213. The average Bonchev–Trinajstić information content (AvgIpc) is 2.71. The minimum Gasteiger partial charge on any atom is -0.481 e. The van der Waals surface area contributed by atoms with Crippen LogP contribution < -0.4 is 0 Å². The number of ketones is 1. The van der Waals surface area contributed by atoms with Crippen molar-refractivity contribution in [3.05, 3.63) is 33.8 Å². The molecule has 1 aromatic carbocycles. The van der Waals surface area contributed by atoms with Crippen LogP contribution in [0.2, 0.25) is 10.0 Å². The third kappa shape index (κ3) is 9.93. The fourth-order valence-electron chi connectivity index (χ4n) is 4.23. The normalized spacial score (nSPS) is 14.2. The zero-order valence-electron chi connectivity index (χ0n) is 19.0. The first-order chi connectivity index (χ1) is 14.7. The number of rotatable bonds is 17. The number of aliphatic hydroxyl groups is 1. The van der Waals surface area contributed by atoms with E-state index in [0.717, 1.165) is 56.9 Å². The summed E-state index contributed by atoms with van der Waals surface area (Å²) in [7, 11) is 0. The van der Waals surface area contributed by atoms with Gasteiger partial charge in [0.25, 0.3) is 0 Å². The van der Waals surface area contributed by atoms with E-state index in [1.165, 1.54) is 0 Å². The van der Waals surface area contributed by atoms with Crippen molar-refractivity contribution in [2.45, 2.75) is 109 Å². The smallest absolute Gasteiger partial charge is 0.303 e. The van der Waals surface area contributed by atoms with Gasteiger partial charge in [-0.1, -0.05) is 74.7 Å². The van der Waals surface area contributed by atoms with E-state index in [0.29, 0.717) is 35.7 Å². The molecule has 4 nitrogen and oxygen atoms in total. The molecule has 0 aromatic heterocycles. The van der Waals surface area contributed by atoms with Crippen LogP contribution in [0.3, 0.4) is 0 Å². The molecule has 1 rings (SSSR count). The number of hydrogen-bond acceptors (Lipinski definition) is 3. The number of carbonyl (C=O) groups excluding carboxylic acids is 1. The standard InChI is InChI=1S/C25H38Cl2O4/c1-3-4-7-11-21(29)12-10-17-25(19(2)28,16-9-6-5-8-13-24(30)31)20-14-15-22(26)23(27)18-20/h14-15,18,21,29H,3-13,16-17H2,1-2H3,(H,30,31). The van der Waals surface area contributed by atoms with Gasteiger partial charge in [-0.25, -0.2) is 0 Å². The van der Waals surface area contributed by atoms with Gasteiger partial charge in [-0.15, -0.1) is 0 Å². The van der Waals surface area contributed by atoms with Crippen LogP contribution >= 0.6 is 23.2 Å². The zero-order chi connectivity index (χ0) is 23.3. The first-order valence-corrected chi connectivity index (χ1v) is 12.3. The second kappa shape index (κ2) is 14.9. The molecule has 0 bridgehead atoms. The number of benzene rings is 1. The summed E-state index contributed by atoms with van der Waals surface area (Å²) in [6.07, 6.45) is 9.89. The van der Waals surface area contributed by atoms with Gasteiger partial charge in [-0.05, 0) is 63.1 Å². The van der Waals surface area contributed by atoms with E-state index >= 15 is 0 Å². The number of unbranched alkanes of at least 4 members (excludes halogenated alkanes) is 5. The minimum absolute atomic E-state index is 0.0943. The first kappa shape index (κ1) is 27.9. The number of hydrogen-bond donors (Lipinski definition) is 2. The van der Waals surface area contributed by atoms with Crippen molar-refractivity contribution in [1.29, 1.82) is 0 Å². The van der Waals surface area contributed by atoms with Crippen molar-refractivity contribution in [1.82, 2.24) is 0 Å². The lowest BCUT2D eigenvalue weighted by atomic mass is 9.70. The lowest BCUT2D eigenvalue weighted by Gasteiger charge is -2.33. The Balaban J connectivity index is 2.86. The van der Waals surface area contributed by atoms with Crippen LogP contribution in [0.25, 0.3) is 0 Å². The second-order valence-corrected chi connectivity index (χ2v) is 9.43. The minimum atomic E-state index is -0.772. The van der Waals surface area contributed by atoms with Gasteiger partial charge in [0.2, 0.25) is 0 Å². The largest absolute Gasteiger partial charge is 0.481 e. The Morgan fingerprint density at radius 1 is 0.935 bits per heavy atom. The Kier molecular flexibility index (Phi) is 13.4. The van der Waals surface area contributed by atoms with Crippen LogP contribution in [0.4, 0.5) is 0 Å². The number of carbonyl (C=O) groups is 2. The third-order valence-electron chi connectivity index (χ3n) is 6.17. The van der Waals surface area contributed by atoms with E-state index in [1.54, 1.807) is 19.1 Å². The highest BCUT2D eigenvalue weighted by Gasteiger charge is 2.36. The van der Waals surface area contributed by atoms with E-state index in [4.69, 9.17) is 28.3 Å². The molecule has 0 saturated carbocycles.